The quantitative estimate of drug-likeness (QED) is 0.181. The summed E-state index contributed by atoms with van der Waals surface area (Å²) < 4.78 is 9.05. The Morgan fingerprint density at radius 1 is 0.368 bits per heavy atom. The number of rotatable bonds is 4. The molecule has 5 heteroatoms. The fourth-order valence-electron chi connectivity index (χ4n) is 9.33. The van der Waals surface area contributed by atoms with Gasteiger partial charge in [0.05, 0.1) is 16.4 Å². The van der Waals surface area contributed by atoms with Gasteiger partial charge in [-0.1, -0.05) is 146 Å². The van der Waals surface area contributed by atoms with Crippen molar-refractivity contribution in [1.82, 2.24) is 19.5 Å². The van der Waals surface area contributed by atoms with E-state index >= 15 is 0 Å². The second kappa shape index (κ2) is 12.2. The summed E-state index contributed by atoms with van der Waals surface area (Å²) in [6.45, 7) is 0. The highest BCUT2D eigenvalue weighted by Gasteiger charge is 2.51. The van der Waals surface area contributed by atoms with Gasteiger partial charge >= 0.3 is 0 Å². The Kier molecular flexibility index (Phi) is 6.78. The standard InChI is InChI=1S/C52H32N4O/c1-2-15-33(16-3-1)49-53-50(34-17-14-18-36(31-34)56-45-26-11-6-21-39(45)40-22-7-12-27-46(40)56)55-51(54-49)35-29-30-48-44(32-35)52(43-25-10-13-28-47(43)57-48)41-23-8-4-19-37(41)38-20-5-9-24-42(38)52/h1-32H. The summed E-state index contributed by atoms with van der Waals surface area (Å²) in [4.78, 5) is 15.6. The van der Waals surface area contributed by atoms with E-state index in [0.29, 0.717) is 17.5 Å². The van der Waals surface area contributed by atoms with Crippen molar-refractivity contribution in [3.63, 3.8) is 0 Å². The van der Waals surface area contributed by atoms with Gasteiger partial charge in [0.1, 0.15) is 11.5 Å². The first-order valence-electron chi connectivity index (χ1n) is 19.3. The summed E-state index contributed by atoms with van der Waals surface area (Å²) in [5.41, 5.74) is 12.6. The predicted molar refractivity (Wildman–Crippen MR) is 228 cm³/mol. The number of para-hydroxylation sites is 3. The highest BCUT2D eigenvalue weighted by molar-refractivity contribution is 6.09. The van der Waals surface area contributed by atoms with E-state index in [4.69, 9.17) is 19.7 Å². The topological polar surface area (TPSA) is 52.8 Å². The molecule has 3 heterocycles. The van der Waals surface area contributed by atoms with Gasteiger partial charge in [0, 0.05) is 44.3 Å². The van der Waals surface area contributed by atoms with Crippen LogP contribution in [0.5, 0.6) is 11.5 Å². The Morgan fingerprint density at radius 2 is 0.877 bits per heavy atom. The molecule has 12 rings (SSSR count). The second-order valence-electron chi connectivity index (χ2n) is 14.7. The fraction of sp³-hybridized carbons (Fsp3) is 0.0192. The number of hydrogen-bond acceptors (Lipinski definition) is 4. The van der Waals surface area contributed by atoms with E-state index in [1.807, 2.05) is 24.3 Å². The normalized spacial score (nSPS) is 13.2. The monoisotopic (exact) mass is 728 g/mol. The van der Waals surface area contributed by atoms with E-state index in [0.717, 1.165) is 56.0 Å². The smallest absolute Gasteiger partial charge is 0.164 e. The third-order valence-corrected chi connectivity index (χ3v) is 11.7. The maximum atomic E-state index is 6.73. The van der Waals surface area contributed by atoms with Gasteiger partial charge in [-0.2, -0.15) is 0 Å². The van der Waals surface area contributed by atoms with E-state index in [1.165, 1.54) is 33.0 Å². The number of benzene rings is 8. The second-order valence-corrected chi connectivity index (χ2v) is 14.7. The maximum Gasteiger partial charge on any atom is 0.164 e. The molecule has 1 aliphatic heterocycles. The summed E-state index contributed by atoms with van der Waals surface area (Å²) in [6, 6.07) is 68.2. The van der Waals surface area contributed by atoms with Crippen LogP contribution in [0, 0.1) is 0 Å². The molecule has 2 aliphatic rings. The van der Waals surface area contributed by atoms with Crippen molar-refractivity contribution in [2.45, 2.75) is 5.41 Å². The molecule has 1 aliphatic carbocycles. The zero-order chi connectivity index (χ0) is 37.5. The van der Waals surface area contributed by atoms with Crippen molar-refractivity contribution in [1.29, 1.82) is 0 Å². The lowest BCUT2D eigenvalue weighted by molar-refractivity contribution is 0.436. The van der Waals surface area contributed by atoms with Crippen LogP contribution in [0.1, 0.15) is 22.3 Å². The minimum atomic E-state index is -0.595. The largest absolute Gasteiger partial charge is 0.457 e. The Hall–Kier alpha value is -7.63. The van der Waals surface area contributed by atoms with E-state index in [2.05, 4.69) is 174 Å². The molecule has 2 aromatic heterocycles. The van der Waals surface area contributed by atoms with Gasteiger partial charge in [-0.05, 0) is 70.8 Å². The molecule has 266 valence electrons. The Labute approximate surface area is 329 Å². The summed E-state index contributed by atoms with van der Waals surface area (Å²) >= 11 is 0. The Balaban J connectivity index is 1.08. The third-order valence-electron chi connectivity index (χ3n) is 11.7. The fourth-order valence-corrected chi connectivity index (χ4v) is 9.33. The summed E-state index contributed by atoms with van der Waals surface area (Å²) in [5, 5.41) is 2.44. The average Bonchev–Trinajstić information content (AvgIpc) is 3.78. The van der Waals surface area contributed by atoms with Crippen LogP contribution in [0.4, 0.5) is 0 Å². The first-order valence-corrected chi connectivity index (χ1v) is 19.3. The lowest BCUT2D eigenvalue weighted by atomic mass is 9.66. The number of fused-ring (bicyclic) bond motifs is 12. The third kappa shape index (κ3) is 4.60. The van der Waals surface area contributed by atoms with Crippen LogP contribution in [0.15, 0.2) is 194 Å². The minimum Gasteiger partial charge on any atom is -0.457 e. The van der Waals surface area contributed by atoms with Crippen molar-refractivity contribution in [3.05, 3.63) is 216 Å². The van der Waals surface area contributed by atoms with Crippen molar-refractivity contribution in [2.75, 3.05) is 0 Å². The van der Waals surface area contributed by atoms with Crippen LogP contribution < -0.4 is 4.74 Å². The predicted octanol–water partition coefficient (Wildman–Crippen LogP) is 12.4. The van der Waals surface area contributed by atoms with Crippen molar-refractivity contribution in [3.8, 4) is 62.5 Å². The highest BCUT2D eigenvalue weighted by Crippen LogP contribution is 2.62. The summed E-state index contributed by atoms with van der Waals surface area (Å²) in [5.74, 6) is 3.50. The molecule has 10 aromatic rings. The molecule has 0 amide bonds. The van der Waals surface area contributed by atoms with Gasteiger partial charge in [0.25, 0.3) is 0 Å². The number of hydrogen-bond donors (Lipinski definition) is 0. The Bertz CT molecular complexity index is 3140. The zero-order valence-corrected chi connectivity index (χ0v) is 30.7. The van der Waals surface area contributed by atoms with Crippen LogP contribution >= 0.6 is 0 Å². The Morgan fingerprint density at radius 3 is 1.56 bits per heavy atom. The van der Waals surface area contributed by atoms with Crippen LogP contribution in [-0.2, 0) is 5.41 Å². The number of aromatic nitrogens is 4. The van der Waals surface area contributed by atoms with Gasteiger partial charge in [-0.15, -0.1) is 0 Å². The molecular formula is C52H32N4O. The molecule has 1 spiro atoms. The molecule has 0 radical (unpaired) electrons. The van der Waals surface area contributed by atoms with Crippen LogP contribution in [-0.4, -0.2) is 19.5 Å². The van der Waals surface area contributed by atoms with E-state index in [9.17, 15) is 0 Å². The van der Waals surface area contributed by atoms with Gasteiger partial charge in [-0.25, -0.2) is 15.0 Å². The van der Waals surface area contributed by atoms with Crippen molar-refractivity contribution in [2.24, 2.45) is 0 Å². The summed E-state index contributed by atoms with van der Waals surface area (Å²) in [6.07, 6.45) is 0. The molecule has 0 N–H and O–H groups in total. The van der Waals surface area contributed by atoms with E-state index in [1.54, 1.807) is 0 Å². The van der Waals surface area contributed by atoms with Crippen LogP contribution in [0.25, 0.3) is 72.8 Å². The van der Waals surface area contributed by atoms with E-state index in [-0.39, 0.29) is 0 Å². The zero-order valence-electron chi connectivity index (χ0n) is 30.7. The molecule has 5 nitrogen and oxygen atoms in total. The van der Waals surface area contributed by atoms with Gasteiger partial charge in [0.15, 0.2) is 17.5 Å². The highest BCUT2D eigenvalue weighted by atomic mass is 16.5. The molecule has 0 saturated carbocycles. The molecule has 8 aromatic carbocycles. The van der Waals surface area contributed by atoms with Crippen LogP contribution in [0.3, 0.4) is 0 Å². The molecule has 0 bridgehead atoms. The lowest BCUT2D eigenvalue weighted by Crippen LogP contribution is -2.32. The summed E-state index contributed by atoms with van der Waals surface area (Å²) in [7, 11) is 0. The average molecular weight is 729 g/mol. The molecule has 57 heavy (non-hydrogen) atoms. The molecule has 0 atom stereocenters. The van der Waals surface area contributed by atoms with Gasteiger partial charge in [-0.3, -0.25) is 0 Å². The van der Waals surface area contributed by atoms with Crippen molar-refractivity contribution >= 4 is 21.8 Å². The van der Waals surface area contributed by atoms with E-state index < -0.39 is 5.41 Å². The first kappa shape index (κ1) is 31.7. The molecule has 0 fully saturated rings. The number of nitrogens with zero attached hydrogens (tertiary/aromatic N) is 4. The number of ether oxygens (including phenoxy) is 1. The molecular weight excluding hydrogens is 697 g/mol. The van der Waals surface area contributed by atoms with Gasteiger partial charge in [0.2, 0.25) is 0 Å². The molecule has 0 saturated heterocycles. The van der Waals surface area contributed by atoms with Crippen molar-refractivity contribution < 1.29 is 4.74 Å². The first-order chi connectivity index (χ1) is 28.3. The SMILES string of the molecule is c1ccc(-c2nc(-c3cccc(-n4c5ccccc5c5ccccc54)c3)nc(-c3ccc4c(c3)C3(c5ccccc5O4)c4ccccc4-c4ccccc43)n2)cc1. The van der Waals surface area contributed by atoms with Crippen LogP contribution in [0.2, 0.25) is 0 Å². The lowest BCUT2D eigenvalue weighted by Gasteiger charge is -2.39. The maximum absolute atomic E-state index is 6.73. The molecule has 0 unspecified atom stereocenters. The minimum absolute atomic E-state index is 0.595. The van der Waals surface area contributed by atoms with Gasteiger partial charge < -0.3 is 9.30 Å².